The van der Waals surface area contributed by atoms with Crippen molar-refractivity contribution in [2.24, 2.45) is 0 Å². The molecule has 0 bridgehead atoms. The smallest absolute Gasteiger partial charge is 0.251 e. The Kier molecular flexibility index (Phi) is 3.38. The van der Waals surface area contributed by atoms with E-state index in [2.05, 4.69) is 53.2 Å². The first-order valence-electron chi connectivity index (χ1n) is 9.24. The molecule has 132 valence electrons. The molecule has 4 nitrogen and oxygen atoms in total. The van der Waals surface area contributed by atoms with E-state index >= 15 is 0 Å². The largest absolute Gasteiger partial charge is 0.356 e. The summed E-state index contributed by atoms with van der Waals surface area (Å²) < 4.78 is 0. The van der Waals surface area contributed by atoms with Gasteiger partial charge in [-0.2, -0.15) is 0 Å². The van der Waals surface area contributed by atoms with Crippen LogP contribution < -0.4 is 0 Å². The average molecular weight is 363 g/mol. The maximum atomic E-state index is 12.8. The molecule has 0 saturated carbocycles. The van der Waals surface area contributed by atoms with E-state index in [0.29, 0.717) is 11.5 Å². The van der Waals surface area contributed by atoms with E-state index in [0.717, 1.165) is 18.4 Å². The number of likely N-dealkylation sites (N-methyl/N-ethyl adjacent to an activating group) is 1. The molecule has 1 N–H and O–H groups in total. The lowest BCUT2D eigenvalue weighted by atomic mass is 9.89. The van der Waals surface area contributed by atoms with Gasteiger partial charge in [-0.3, -0.25) is 9.69 Å². The SMILES string of the molecule is CCCC1c2[nH]c3ccc4ccccc4c3c2CC2C(=O)N(C)C(=S)N21. The Bertz CT molecular complexity index is 1070. The number of hydrogen-bond acceptors (Lipinski definition) is 2. The molecule has 5 heteroatoms. The average Bonchev–Trinajstić information content (AvgIpc) is 3.14. The lowest BCUT2D eigenvalue weighted by Gasteiger charge is -2.37. The number of aromatic nitrogens is 1. The minimum Gasteiger partial charge on any atom is -0.356 e. The van der Waals surface area contributed by atoms with Crippen LogP contribution in [0.25, 0.3) is 21.7 Å². The van der Waals surface area contributed by atoms with Gasteiger partial charge in [0.2, 0.25) is 0 Å². The minimum atomic E-state index is -0.172. The van der Waals surface area contributed by atoms with Crippen LogP contribution in [0.3, 0.4) is 0 Å². The highest BCUT2D eigenvalue weighted by atomic mass is 32.1. The summed E-state index contributed by atoms with van der Waals surface area (Å²) in [5.74, 6) is 0.122. The van der Waals surface area contributed by atoms with Crippen molar-refractivity contribution in [1.29, 1.82) is 0 Å². The van der Waals surface area contributed by atoms with E-state index in [1.807, 2.05) is 0 Å². The van der Waals surface area contributed by atoms with Gasteiger partial charge in [0.05, 0.1) is 6.04 Å². The number of nitrogens with one attached hydrogen (secondary N) is 1. The van der Waals surface area contributed by atoms with Crippen LogP contribution in [-0.2, 0) is 11.2 Å². The van der Waals surface area contributed by atoms with Crippen LogP contribution in [0.2, 0.25) is 0 Å². The van der Waals surface area contributed by atoms with Crippen molar-refractivity contribution in [3.8, 4) is 0 Å². The summed E-state index contributed by atoms with van der Waals surface area (Å²) in [6.45, 7) is 2.19. The summed E-state index contributed by atoms with van der Waals surface area (Å²) in [5, 5.41) is 4.42. The Balaban J connectivity index is 1.79. The zero-order valence-electron chi connectivity index (χ0n) is 15.0. The molecule has 2 atom stereocenters. The van der Waals surface area contributed by atoms with Crippen molar-refractivity contribution in [1.82, 2.24) is 14.8 Å². The number of fused-ring (bicyclic) bond motifs is 6. The van der Waals surface area contributed by atoms with E-state index in [1.165, 1.54) is 27.4 Å². The lowest BCUT2D eigenvalue weighted by Crippen LogP contribution is -2.43. The molecule has 26 heavy (non-hydrogen) atoms. The Morgan fingerprint density at radius 2 is 2.04 bits per heavy atom. The molecular formula is C21H21N3OS. The molecule has 1 saturated heterocycles. The first-order valence-corrected chi connectivity index (χ1v) is 9.64. The van der Waals surface area contributed by atoms with Gasteiger partial charge in [0.25, 0.3) is 5.91 Å². The number of benzene rings is 2. The molecule has 2 unspecified atom stereocenters. The van der Waals surface area contributed by atoms with Gasteiger partial charge in [0, 0.05) is 30.1 Å². The van der Waals surface area contributed by atoms with Crippen LogP contribution in [0.5, 0.6) is 0 Å². The molecule has 1 amide bonds. The molecule has 1 fully saturated rings. The summed E-state index contributed by atoms with van der Waals surface area (Å²) in [4.78, 5) is 20.3. The number of thiocarbonyl (C=S) groups is 1. The number of aromatic amines is 1. The Hall–Kier alpha value is -2.40. The molecule has 1 aromatic heterocycles. The number of rotatable bonds is 2. The summed E-state index contributed by atoms with van der Waals surface area (Å²) in [5.41, 5.74) is 3.69. The molecule has 2 aliphatic heterocycles. The second-order valence-electron chi connectivity index (χ2n) is 7.34. The summed E-state index contributed by atoms with van der Waals surface area (Å²) in [7, 11) is 1.80. The topological polar surface area (TPSA) is 39.3 Å². The molecule has 2 aliphatic rings. The van der Waals surface area contributed by atoms with Crippen molar-refractivity contribution in [2.45, 2.75) is 38.3 Å². The van der Waals surface area contributed by atoms with Gasteiger partial charge in [-0.05, 0) is 41.0 Å². The molecule has 5 rings (SSSR count). The van der Waals surface area contributed by atoms with Crippen molar-refractivity contribution >= 4 is 44.9 Å². The summed E-state index contributed by atoms with van der Waals surface area (Å²) in [6, 6.07) is 12.8. The third-order valence-electron chi connectivity index (χ3n) is 5.91. The van der Waals surface area contributed by atoms with Gasteiger partial charge < -0.3 is 9.88 Å². The number of nitrogens with zero attached hydrogens (tertiary/aromatic N) is 2. The first kappa shape index (κ1) is 15.8. The maximum Gasteiger partial charge on any atom is 0.251 e. The Morgan fingerprint density at radius 3 is 2.85 bits per heavy atom. The predicted octanol–water partition coefficient (Wildman–Crippen LogP) is 4.15. The van der Waals surface area contributed by atoms with Crippen LogP contribution in [-0.4, -0.2) is 38.9 Å². The summed E-state index contributed by atoms with van der Waals surface area (Å²) >= 11 is 5.61. The van der Waals surface area contributed by atoms with Gasteiger partial charge in [-0.1, -0.05) is 43.7 Å². The van der Waals surface area contributed by atoms with Crippen LogP contribution in [0.4, 0.5) is 0 Å². The second-order valence-corrected chi connectivity index (χ2v) is 7.70. The number of carbonyl (C=O) groups is 1. The molecule has 0 aliphatic carbocycles. The van der Waals surface area contributed by atoms with E-state index in [-0.39, 0.29) is 18.0 Å². The fourth-order valence-corrected chi connectivity index (χ4v) is 5.07. The van der Waals surface area contributed by atoms with Crippen LogP contribution in [0.15, 0.2) is 36.4 Å². The highest BCUT2D eigenvalue weighted by Gasteiger charge is 2.48. The minimum absolute atomic E-state index is 0.122. The van der Waals surface area contributed by atoms with Crippen LogP contribution in [0.1, 0.15) is 37.1 Å². The molecular weight excluding hydrogens is 342 g/mol. The monoisotopic (exact) mass is 363 g/mol. The van der Waals surface area contributed by atoms with Crippen molar-refractivity contribution in [2.75, 3.05) is 7.05 Å². The van der Waals surface area contributed by atoms with Crippen molar-refractivity contribution in [3.05, 3.63) is 47.7 Å². The molecule has 3 heterocycles. The Morgan fingerprint density at radius 1 is 1.23 bits per heavy atom. The molecule has 2 aromatic carbocycles. The molecule has 3 aromatic rings. The molecule has 0 spiro atoms. The fourth-order valence-electron chi connectivity index (χ4n) is 4.72. The number of H-pyrrole nitrogens is 1. The van der Waals surface area contributed by atoms with Crippen LogP contribution >= 0.6 is 12.2 Å². The second kappa shape index (κ2) is 5.55. The van der Waals surface area contributed by atoms with Crippen LogP contribution in [0, 0.1) is 0 Å². The van der Waals surface area contributed by atoms with Gasteiger partial charge >= 0.3 is 0 Å². The third-order valence-corrected chi connectivity index (χ3v) is 6.40. The zero-order valence-corrected chi connectivity index (χ0v) is 15.8. The van der Waals surface area contributed by atoms with Crippen molar-refractivity contribution < 1.29 is 4.79 Å². The quantitative estimate of drug-likeness (QED) is 0.696. The first-order chi connectivity index (χ1) is 12.6. The highest BCUT2D eigenvalue weighted by Crippen LogP contribution is 2.44. The van der Waals surface area contributed by atoms with Gasteiger partial charge in [0.15, 0.2) is 5.11 Å². The number of hydrogen-bond donors (Lipinski definition) is 1. The van der Waals surface area contributed by atoms with Gasteiger partial charge in [0.1, 0.15) is 6.04 Å². The van der Waals surface area contributed by atoms with Crippen molar-refractivity contribution in [3.63, 3.8) is 0 Å². The van der Waals surface area contributed by atoms with E-state index in [9.17, 15) is 4.79 Å². The lowest BCUT2D eigenvalue weighted by molar-refractivity contribution is -0.127. The number of amides is 1. The summed E-state index contributed by atoms with van der Waals surface area (Å²) in [6.07, 6.45) is 2.74. The van der Waals surface area contributed by atoms with Gasteiger partial charge in [-0.25, -0.2) is 0 Å². The Labute approximate surface area is 157 Å². The van der Waals surface area contributed by atoms with Gasteiger partial charge in [-0.15, -0.1) is 0 Å². The standard InChI is InChI=1S/C21H21N3OS/c1-3-6-16-19-14(11-17-20(25)23(2)21(26)24(16)17)18-13-8-5-4-7-12(13)9-10-15(18)22-19/h4-5,7-10,16-17,22H,3,6,11H2,1-2H3. The predicted molar refractivity (Wildman–Crippen MR) is 108 cm³/mol. The third kappa shape index (κ3) is 1.95. The van der Waals surface area contributed by atoms with E-state index < -0.39 is 0 Å². The normalized spacial score (nSPS) is 22.4. The molecule has 0 radical (unpaired) electrons. The highest BCUT2D eigenvalue weighted by molar-refractivity contribution is 7.80. The number of carbonyl (C=O) groups excluding carboxylic acids is 1. The van der Waals surface area contributed by atoms with E-state index in [1.54, 1.807) is 11.9 Å². The maximum absolute atomic E-state index is 12.8. The zero-order chi connectivity index (χ0) is 18.0. The fraction of sp³-hybridized carbons (Fsp3) is 0.333. The van der Waals surface area contributed by atoms with E-state index in [4.69, 9.17) is 12.2 Å².